The summed E-state index contributed by atoms with van der Waals surface area (Å²) in [5.74, 6) is 1.90. The van der Waals surface area contributed by atoms with E-state index in [1.54, 1.807) is 0 Å². The van der Waals surface area contributed by atoms with Gasteiger partial charge in [-0.3, -0.25) is 4.79 Å². The maximum Gasteiger partial charge on any atom is 0.275 e. The molecule has 2 aliphatic heterocycles. The topological polar surface area (TPSA) is 72.2 Å². The van der Waals surface area contributed by atoms with Crippen LogP contribution in [0, 0.1) is 5.92 Å². The minimum absolute atomic E-state index is 0.107. The second-order valence-electron chi connectivity index (χ2n) is 9.78. The first-order valence-corrected chi connectivity index (χ1v) is 11.9. The lowest BCUT2D eigenvalue weighted by Gasteiger charge is -2.50. The molecule has 2 heterocycles. The van der Waals surface area contributed by atoms with Gasteiger partial charge < -0.3 is 24.8 Å². The number of fused-ring (bicyclic) bond motifs is 2. The molecule has 5 rings (SSSR count). The maximum atomic E-state index is 12.9. The molecule has 0 aromatic heterocycles. The van der Waals surface area contributed by atoms with Crippen LogP contribution in [0.2, 0.25) is 0 Å². The van der Waals surface area contributed by atoms with Gasteiger partial charge in [-0.1, -0.05) is 32.1 Å². The molecule has 0 radical (unpaired) electrons. The van der Waals surface area contributed by atoms with Crippen LogP contribution in [-0.2, 0) is 4.79 Å². The van der Waals surface area contributed by atoms with Gasteiger partial charge in [-0.2, -0.15) is 0 Å². The van der Waals surface area contributed by atoms with Crippen molar-refractivity contribution in [3.8, 4) is 11.5 Å². The van der Waals surface area contributed by atoms with Crippen LogP contribution in [0.4, 0.5) is 0 Å². The monoisotopic (exact) mass is 415 g/mol. The molecular weight excluding hydrogens is 380 g/mol. The zero-order chi connectivity index (χ0) is 20.6. The van der Waals surface area contributed by atoms with Crippen LogP contribution in [0.1, 0.15) is 75.8 Å². The number of quaternary nitrogens is 1. The number of hydrogen-bond donors (Lipinski definition) is 3. The zero-order valence-electron chi connectivity index (χ0n) is 17.8. The molecule has 3 fully saturated rings. The van der Waals surface area contributed by atoms with Gasteiger partial charge in [0.25, 0.3) is 5.91 Å². The lowest BCUT2D eigenvalue weighted by Crippen LogP contribution is -3.16. The Morgan fingerprint density at radius 1 is 1.07 bits per heavy atom. The quantitative estimate of drug-likeness (QED) is 0.704. The Hall–Kier alpha value is -1.79. The summed E-state index contributed by atoms with van der Waals surface area (Å²) >= 11 is 0. The van der Waals surface area contributed by atoms with Gasteiger partial charge in [0.15, 0.2) is 18.0 Å². The fourth-order valence-electron chi connectivity index (χ4n) is 6.36. The number of hydrogen-bond acceptors (Lipinski definition) is 4. The number of amides is 1. The van der Waals surface area contributed by atoms with E-state index in [4.69, 9.17) is 9.47 Å². The molecule has 1 saturated heterocycles. The van der Waals surface area contributed by atoms with E-state index in [1.165, 1.54) is 24.2 Å². The van der Waals surface area contributed by atoms with Crippen molar-refractivity contribution in [2.75, 3.05) is 19.9 Å². The molecule has 0 bridgehead atoms. The number of carbonyl (C=O) groups is 1. The van der Waals surface area contributed by atoms with Crippen LogP contribution in [-0.4, -0.2) is 42.5 Å². The van der Waals surface area contributed by atoms with Gasteiger partial charge in [-0.15, -0.1) is 0 Å². The fraction of sp³-hybridized carbons (Fsp3) is 0.708. The first kappa shape index (κ1) is 20.1. The summed E-state index contributed by atoms with van der Waals surface area (Å²) in [4.78, 5) is 14.2. The van der Waals surface area contributed by atoms with Crippen LogP contribution in [0.15, 0.2) is 18.2 Å². The number of likely N-dealkylation sites (tertiary alicyclic amines) is 1. The van der Waals surface area contributed by atoms with Gasteiger partial charge in [0.05, 0.1) is 12.1 Å². The third kappa shape index (κ3) is 3.92. The standard InChI is InChI=1S/C24H34N2O4/c27-22(25-18-6-2-1-3-7-18)15-26-13-12-24(28)11-5-4-8-19(24)23(26)17-9-10-20-21(14-17)30-16-29-20/h9-10,14,18-19,23,28H,1-8,11-13,15-16H2,(H,25,27)/p+1/t19-,23+,24+/m1/s1. The van der Waals surface area contributed by atoms with Crippen molar-refractivity contribution < 1.29 is 24.3 Å². The summed E-state index contributed by atoms with van der Waals surface area (Å²) in [6, 6.07) is 6.61. The van der Waals surface area contributed by atoms with Crippen molar-refractivity contribution in [3.63, 3.8) is 0 Å². The SMILES string of the molecule is O=C(C[NH+]1CC[C@@]2(O)CCCC[C@@H]2[C@@H]1c1ccc2c(c1)OCO2)NC1CCCCC1. The van der Waals surface area contributed by atoms with E-state index in [-0.39, 0.29) is 24.7 Å². The maximum absolute atomic E-state index is 12.9. The highest BCUT2D eigenvalue weighted by Crippen LogP contribution is 2.45. The number of carbonyl (C=O) groups excluding carboxylic acids is 1. The van der Waals surface area contributed by atoms with Gasteiger partial charge in [-0.25, -0.2) is 0 Å². The van der Waals surface area contributed by atoms with E-state index in [9.17, 15) is 9.90 Å². The molecule has 1 amide bonds. The fourth-order valence-corrected chi connectivity index (χ4v) is 6.36. The van der Waals surface area contributed by atoms with Crippen molar-refractivity contribution in [3.05, 3.63) is 23.8 Å². The molecule has 4 atom stereocenters. The van der Waals surface area contributed by atoms with Crippen molar-refractivity contribution in [1.82, 2.24) is 5.32 Å². The highest BCUT2D eigenvalue weighted by atomic mass is 16.7. The summed E-state index contributed by atoms with van der Waals surface area (Å²) in [6.45, 7) is 1.56. The normalized spacial score (nSPS) is 33.7. The van der Waals surface area contributed by atoms with Crippen molar-refractivity contribution in [2.45, 2.75) is 81.9 Å². The van der Waals surface area contributed by atoms with Gasteiger partial charge >= 0.3 is 0 Å². The number of benzene rings is 1. The molecule has 2 aliphatic carbocycles. The average molecular weight is 416 g/mol. The van der Waals surface area contributed by atoms with Gasteiger partial charge in [0.2, 0.25) is 6.79 Å². The number of ether oxygens (including phenoxy) is 2. The summed E-state index contributed by atoms with van der Waals surface area (Å²) in [5, 5.41) is 14.8. The number of rotatable bonds is 4. The van der Waals surface area contributed by atoms with Crippen LogP contribution in [0.3, 0.4) is 0 Å². The Morgan fingerprint density at radius 2 is 1.87 bits per heavy atom. The first-order valence-electron chi connectivity index (χ1n) is 11.9. The second-order valence-corrected chi connectivity index (χ2v) is 9.78. The van der Waals surface area contributed by atoms with Crippen LogP contribution in [0.25, 0.3) is 0 Å². The van der Waals surface area contributed by atoms with Gasteiger partial charge in [-0.05, 0) is 43.9 Å². The van der Waals surface area contributed by atoms with Gasteiger partial charge in [0, 0.05) is 23.9 Å². The summed E-state index contributed by atoms with van der Waals surface area (Å²) in [5.41, 5.74) is 0.549. The Morgan fingerprint density at radius 3 is 2.73 bits per heavy atom. The molecule has 4 aliphatic rings. The number of piperidine rings is 1. The largest absolute Gasteiger partial charge is 0.454 e. The molecule has 1 aromatic rings. The number of aliphatic hydroxyl groups is 1. The van der Waals surface area contributed by atoms with Crippen LogP contribution in [0.5, 0.6) is 11.5 Å². The van der Waals surface area contributed by atoms with E-state index in [0.29, 0.717) is 12.6 Å². The van der Waals surface area contributed by atoms with E-state index >= 15 is 0 Å². The Kier molecular flexibility index (Phi) is 5.63. The van der Waals surface area contributed by atoms with E-state index in [1.807, 2.05) is 6.07 Å². The molecule has 1 aromatic carbocycles. The summed E-state index contributed by atoms with van der Waals surface area (Å²) < 4.78 is 11.1. The van der Waals surface area contributed by atoms with E-state index < -0.39 is 5.60 Å². The zero-order valence-corrected chi connectivity index (χ0v) is 17.8. The highest BCUT2D eigenvalue weighted by molar-refractivity contribution is 5.77. The minimum atomic E-state index is -0.608. The molecule has 30 heavy (non-hydrogen) atoms. The predicted molar refractivity (Wildman–Crippen MR) is 113 cm³/mol. The van der Waals surface area contributed by atoms with Gasteiger partial charge in [0.1, 0.15) is 6.04 Å². The summed E-state index contributed by atoms with van der Waals surface area (Å²) in [7, 11) is 0. The Labute approximate surface area is 178 Å². The third-order valence-electron chi connectivity index (χ3n) is 7.90. The van der Waals surface area contributed by atoms with Crippen LogP contribution < -0.4 is 19.7 Å². The highest BCUT2D eigenvalue weighted by Gasteiger charge is 2.52. The van der Waals surface area contributed by atoms with Crippen molar-refractivity contribution in [1.29, 1.82) is 0 Å². The molecular formula is C24H35N2O4+. The molecule has 2 saturated carbocycles. The Balaban J connectivity index is 1.38. The lowest BCUT2D eigenvalue weighted by atomic mass is 9.66. The average Bonchev–Trinajstić information content (AvgIpc) is 3.22. The van der Waals surface area contributed by atoms with Crippen molar-refractivity contribution >= 4 is 5.91 Å². The smallest absolute Gasteiger partial charge is 0.275 e. The molecule has 1 unspecified atom stereocenters. The number of nitrogens with one attached hydrogen (secondary N) is 2. The van der Waals surface area contributed by atoms with E-state index in [2.05, 4.69) is 17.4 Å². The second kappa shape index (κ2) is 8.39. The first-order chi connectivity index (χ1) is 14.6. The molecule has 6 nitrogen and oxygen atoms in total. The molecule has 3 N–H and O–H groups in total. The minimum Gasteiger partial charge on any atom is -0.454 e. The molecule has 164 valence electrons. The van der Waals surface area contributed by atoms with Crippen molar-refractivity contribution in [2.24, 2.45) is 5.92 Å². The predicted octanol–water partition coefficient (Wildman–Crippen LogP) is 2.12. The molecule has 6 heteroatoms. The van der Waals surface area contributed by atoms with E-state index in [0.717, 1.165) is 68.6 Å². The summed E-state index contributed by atoms with van der Waals surface area (Å²) in [6.07, 6.45) is 10.9. The Bertz CT molecular complexity index is 778. The van der Waals surface area contributed by atoms with Crippen LogP contribution >= 0.6 is 0 Å². The third-order valence-corrected chi connectivity index (χ3v) is 7.90. The lowest BCUT2D eigenvalue weighted by molar-refractivity contribution is -0.937. The molecule has 0 spiro atoms.